The number of aryl methyl sites for hydroxylation is 4. The van der Waals surface area contributed by atoms with Gasteiger partial charge in [0.25, 0.3) is 0 Å². The fraction of sp³-hybridized carbons (Fsp3) is 0.464. The Labute approximate surface area is 385 Å². The molecule has 4 aromatic carbocycles. The smallest absolute Gasteiger partial charge is 0.195 e. The van der Waals surface area contributed by atoms with Crippen molar-refractivity contribution in [3.63, 3.8) is 0 Å². The highest BCUT2D eigenvalue weighted by Crippen LogP contribution is 2.50. The summed E-state index contributed by atoms with van der Waals surface area (Å²) >= 11 is 7.63. The van der Waals surface area contributed by atoms with Crippen molar-refractivity contribution in [3.8, 4) is 20.9 Å². The van der Waals surface area contributed by atoms with Gasteiger partial charge in [-0.2, -0.15) is 0 Å². The highest BCUT2D eigenvalue weighted by molar-refractivity contribution is 7.20. The van der Waals surface area contributed by atoms with Gasteiger partial charge >= 0.3 is 0 Å². The number of benzene rings is 2. The molecule has 0 bridgehead atoms. The minimum Gasteiger partial charge on any atom is -0.289 e. The van der Waals surface area contributed by atoms with Crippen LogP contribution < -0.4 is 10.9 Å². The minimum atomic E-state index is 0.131. The molecule has 0 unspecified atom stereocenters. The fourth-order valence-corrected chi connectivity index (χ4v) is 15.2. The topological polar surface area (TPSA) is 34.1 Å². The lowest BCUT2D eigenvalue weighted by Crippen LogP contribution is -1.95. The normalized spacial score (nSPS) is 12.8. The van der Waals surface area contributed by atoms with Crippen molar-refractivity contribution < 1.29 is 0 Å². The summed E-state index contributed by atoms with van der Waals surface area (Å²) in [5.74, 6) is 0. The Hall–Kier alpha value is -3.42. The molecule has 8 aromatic rings. The minimum absolute atomic E-state index is 0.131. The first-order valence-electron chi connectivity index (χ1n) is 24.3. The van der Waals surface area contributed by atoms with Gasteiger partial charge in [-0.1, -0.05) is 105 Å². The van der Waals surface area contributed by atoms with E-state index >= 15 is 0 Å². The Kier molecular flexibility index (Phi) is 14.0. The van der Waals surface area contributed by atoms with Crippen LogP contribution in [0, 0.1) is 0 Å². The third-order valence-electron chi connectivity index (χ3n) is 13.6. The molecule has 0 atom stereocenters. The fourth-order valence-electron chi connectivity index (χ4n) is 10.2. The van der Waals surface area contributed by atoms with E-state index in [0.717, 1.165) is 67.4 Å². The van der Waals surface area contributed by atoms with Crippen LogP contribution in [0.4, 0.5) is 0 Å². The van der Waals surface area contributed by atoms with Crippen molar-refractivity contribution in [1.82, 2.24) is 0 Å². The number of rotatable bonds is 20. The first-order chi connectivity index (χ1) is 30.4. The number of hydrogen-bond acceptors (Lipinski definition) is 6. The largest absolute Gasteiger partial charge is 0.289 e. The molecule has 4 aromatic heterocycles. The van der Waals surface area contributed by atoms with Crippen molar-refractivity contribution >= 4 is 87.1 Å². The van der Waals surface area contributed by atoms with Crippen LogP contribution in [0.25, 0.3) is 62.6 Å². The van der Waals surface area contributed by atoms with Crippen LogP contribution in [0.5, 0.6) is 0 Å². The SMILES string of the molecule is CCCCCCc1cc2c(=O)c3cc4c(cc3c2s1)c(=O)c1cc(CCCCCC)sc14.CCCCCCc1cc2c(s1)-c1cc3c(cc1C2)-c1sc(CCCCCC)cc1C3. The molecule has 324 valence electrons. The first kappa shape index (κ1) is 43.8. The van der Waals surface area contributed by atoms with Gasteiger partial charge < -0.3 is 0 Å². The number of hydrogen-bond donors (Lipinski definition) is 0. The third-order valence-corrected chi connectivity index (χ3v) is 18.6. The zero-order valence-corrected chi connectivity index (χ0v) is 40.9. The summed E-state index contributed by atoms with van der Waals surface area (Å²) in [5, 5.41) is 5.18. The van der Waals surface area contributed by atoms with Crippen LogP contribution in [0.15, 0.2) is 58.1 Å². The molecule has 0 fully saturated rings. The van der Waals surface area contributed by atoms with Crippen LogP contribution in [0.2, 0.25) is 0 Å². The van der Waals surface area contributed by atoms with E-state index in [1.54, 1.807) is 75.6 Å². The maximum absolute atomic E-state index is 13.2. The van der Waals surface area contributed by atoms with E-state index in [1.165, 1.54) is 125 Å². The van der Waals surface area contributed by atoms with Crippen molar-refractivity contribution in [1.29, 1.82) is 0 Å². The second kappa shape index (κ2) is 19.8. The summed E-state index contributed by atoms with van der Waals surface area (Å²) in [4.78, 5) is 35.4. The highest BCUT2D eigenvalue weighted by Gasteiger charge is 2.28. The molecule has 0 spiro atoms. The van der Waals surface area contributed by atoms with Gasteiger partial charge in [0.15, 0.2) is 10.9 Å². The van der Waals surface area contributed by atoms with Crippen molar-refractivity contribution in [3.05, 3.63) is 111 Å². The molecule has 6 heteroatoms. The monoisotopic (exact) mass is 896 g/mol. The molecular formula is C56H64O2S4. The van der Waals surface area contributed by atoms with E-state index in [2.05, 4.69) is 86.8 Å². The predicted molar refractivity (Wildman–Crippen MR) is 277 cm³/mol. The Morgan fingerprint density at radius 1 is 0.355 bits per heavy atom. The molecule has 0 amide bonds. The lowest BCUT2D eigenvalue weighted by molar-refractivity contribution is 0.670. The standard InChI is InChI=1S/C28H30O2S2.C28H34S2/c1-3-5-7-9-11-17-13-23-25(29)19-16-22-20(15-21(19)27(23)31-17)26(30)24-14-18(32-28(22)24)12-10-8-6-4-2;1-3-5-7-9-11-23-15-21-13-19-18-26-20(17-25(19)27(21)29-23)14-22-16-24(30-28(22)26)12-10-8-6-4-2/h13-16H,3-12H2,1-2H3;15-18H,3-14H2,1-2H3. The van der Waals surface area contributed by atoms with Gasteiger partial charge in [-0.25, -0.2) is 0 Å². The Bertz CT molecular complexity index is 2720. The third kappa shape index (κ3) is 8.84. The molecule has 4 heterocycles. The average molecular weight is 897 g/mol. The lowest BCUT2D eigenvalue weighted by Gasteiger charge is -2.06. The second-order valence-electron chi connectivity index (χ2n) is 18.4. The quantitative estimate of drug-likeness (QED) is 0.0714. The molecule has 0 saturated heterocycles. The van der Waals surface area contributed by atoms with E-state index in [4.69, 9.17) is 0 Å². The zero-order valence-electron chi connectivity index (χ0n) is 37.6. The van der Waals surface area contributed by atoms with Gasteiger partial charge in [0.2, 0.25) is 0 Å². The van der Waals surface area contributed by atoms with Gasteiger partial charge in [0, 0.05) is 71.0 Å². The van der Waals surface area contributed by atoms with Gasteiger partial charge in [0.1, 0.15) is 0 Å². The van der Waals surface area contributed by atoms with Crippen molar-refractivity contribution in [2.75, 3.05) is 0 Å². The van der Waals surface area contributed by atoms with Gasteiger partial charge in [0.05, 0.1) is 0 Å². The van der Waals surface area contributed by atoms with E-state index in [9.17, 15) is 9.59 Å². The van der Waals surface area contributed by atoms with Crippen LogP contribution >= 0.6 is 45.3 Å². The predicted octanol–water partition coefficient (Wildman–Crippen LogP) is 17.5. The molecule has 0 radical (unpaired) electrons. The second-order valence-corrected chi connectivity index (χ2v) is 23.0. The summed E-state index contributed by atoms with van der Waals surface area (Å²) in [5.41, 5.74) is 9.67. The lowest BCUT2D eigenvalue weighted by atomic mass is 10.0. The van der Waals surface area contributed by atoms with E-state index in [-0.39, 0.29) is 10.9 Å². The van der Waals surface area contributed by atoms with Crippen LogP contribution in [-0.4, -0.2) is 0 Å². The number of unbranched alkanes of at least 4 members (excludes halogenated alkanes) is 12. The summed E-state index contributed by atoms with van der Waals surface area (Å²) in [6.07, 6.45) is 27.7. The molecule has 0 aliphatic heterocycles. The maximum atomic E-state index is 13.2. The molecule has 62 heavy (non-hydrogen) atoms. The molecule has 2 aliphatic rings. The van der Waals surface area contributed by atoms with Gasteiger partial charge in [-0.05, 0) is 146 Å². The molecule has 2 nitrogen and oxygen atoms in total. The summed E-state index contributed by atoms with van der Waals surface area (Å²) in [7, 11) is 0. The van der Waals surface area contributed by atoms with Crippen molar-refractivity contribution in [2.24, 2.45) is 0 Å². The first-order valence-corrected chi connectivity index (χ1v) is 27.6. The van der Waals surface area contributed by atoms with Gasteiger partial charge in [-0.3, -0.25) is 9.59 Å². The van der Waals surface area contributed by atoms with Gasteiger partial charge in [-0.15, -0.1) is 45.3 Å². The van der Waals surface area contributed by atoms with Crippen LogP contribution in [0.3, 0.4) is 0 Å². The Morgan fingerprint density at radius 2 is 0.710 bits per heavy atom. The molecular weight excluding hydrogens is 833 g/mol. The molecule has 0 saturated carbocycles. The zero-order chi connectivity index (χ0) is 42.7. The molecule has 2 aliphatic carbocycles. The Balaban J connectivity index is 0.000000158. The summed E-state index contributed by atoms with van der Waals surface area (Å²) in [6, 6.07) is 18.3. The molecule has 0 N–H and O–H groups in total. The Morgan fingerprint density at radius 3 is 1.06 bits per heavy atom. The highest BCUT2D eigenvalue weighted by atomic mass is 32.1. The van der Waals surface area contributed by atoms with E-state index in [1.807, 2.05) is 12.1 Å². The number of fused-ring (bicyclic) bond motifs is 12. The van der Waals surface area contributed by atoms with E-state index in [0.29, 0.717) is 0 Å². The van der Waals surface area contributed by atoms with Crippen molar-refractivity contribution in [2.45, 2.75) is 169 Å². The van der Waals surface area contributed by atoms with E-state index < -0.39 is 0 Å². The van der Waals surface area contributed by atoms with Crippen LogP contribution in [0.1, 0.15) is 172 Å². The maximum Gasteiger partial charge on any atom is 0.195 e. The number of thiophene rings is 4. The molecule has 10 rings (SSSR count). The summed E-state index contributed by atoms with van der Waals surface area (Å²) in [6.45, 7) is 9.04. The van der Waals surface area contributed by atoms with Crippen LogP contribution in [-0.2, 0) is 38.5 Å². The summed E-state index contributed by atoms with van der Waals surface area (Å²) < 4.78 is 2.14. The average Bonchev–Trinajstić information content (AvgIpc) is 4.15.